The van der Waals surface area contributed by atoms with Gasteiger partial charge in [0.1, 0.15) is 0 Å². The molecule has 0 aliphatic carbocycles. The molecule has 0 N–H and O–H groups in total. The van der Waals surface area contributed by atoms with E-state index in [1.807, 2.05) is 31.0 Å². The Bertz CT molecular complexity index is 686. The molecule has 3 nitrogen and oxygen atoms in total. The number of esters is 1. The van der Waals surface area contributed by atoms with E-state index in [2.05, 4.69) is 4.74 Å². The highest BCUT2D eigenvalue weighted by atomic mass is 19.2. The Morgan fingerprint density at radius 1 is 1.13 bits per heavy atom. The molecule has 0 radical (unpaired) electrons. The number of halogens is 2. The van der Waals surface area contributed by atoms with Gasteiger partial charge in [0.25, 0.3) is 0 Å². The van der Waals surface area contributed by atoms with Crippen molar-refractivity contribution in [1.82, 2.24) is 4.90 Å². The fraction of sp³-hybridized carbons (Fsp3) is 0.278. The van der Waals surface area contributed by atoms with Crippen molar-refractivity contribution in [1.29, 1.82) is 0 Å². The van der Waals surface area contributed by atoms with Crippen molar-refractivity contribution in [2.45, 2.75) is 19.5 Å². The minimum absolute atomic E-state index is 0.0783. The number of methoxy groups -OCH3 is 1. The Morgan fingerprint density at radius 3 is 2.35 bits per heavy atom. The summed E-state index contributed by atoms with van der Waals surface area (Å²) in [7, 11) is 3.24. The first kappa shape index (κ1) is 17.1. The molecule has 122 valence electrons. The number of hydrogen-bond donors (Lipinski definition) is 0. The van der Waals surface area contributed by atoms with Crippen molar-refractivity contribution in [2.75, 3.05) is 14.2 Å². The maximum Gasteiger partial charge on any atom is 0.337 e. The molecule has 5 heteroatoms. The molecule has 0 heterocycles. The first-order valence-electron chi connectivity index (χ1n) is 7.25. The Balaban J connectivity index is 2.07. The SMILES string of the molecule is COC(=O)c1ccc(CN(C)C(C)c2ccc(F)c(F)c2)cc1. The average molecular weight is 319 g/mol. The molecule has 0 aliphatic rings. The maximum atomic E-state index is 13.3. The van der Waals surface area contributed by atoms with Crippen LogP contribution in [0.25, 0.3) is 0 Å². The second-order valence-electron chi connectivity index (χ2n) is 5.45. The van der Waals surface area contributed by atoms with Crippen molar-refractivity contribution in [2.24, 2.45) is 0 Å². The largest absolute Gasteiger partial charge is 0.465 e. The van der Waals surface area contributed by atoms with E-state index in [9.17, 15) is 13.6 Å². The van der Waals surface area contributed by atoms with E-state index >= 15 is 0 Å². The van der Waals surface area contributed by atoms with Gasteiger partial charge < -0.3 is 4.74 Å². The number of benzene rings is 2. The lowest BCUT2D eigenvalue weighted by Crippen LogP contribution is -2.22. The van der Waals surface area contributed by atoms with Gasteiger partial charge in [-0.15, -0.1) is 0 Å². The molecule has 2 rings (SSSR count). The molecular formula is C18H19F2NO2. The molecule has 0 aliphatic heterocycles. The maximum absolute atomic E-state index is 13.3. The van der Waals surface area contributed by atoms with Gasteiger partial charge in [-0.05, 0) is 49.4 Å². The number of ether oxygens (including phenoxy) is 1. The highest BCUT2D eigenvalue weighted by Crippen LogP contribution is 2.22. The van der Waals surface area contributed by atoms with Crippen LogP contribution in [-0.2, 0) is 11.3 Å². The van der Waals surface area contributed by atoms with Gasteiger partial charge in [-0.25, -0.2) is 13.6 Å². The smallest absolute Gasteiger partial charge is 0.337 e. The topological polar surface area (TPSA) is 29.5 Å². The minimum Gasteiger partial charge on any atom is -0.465 e. The van der Waals surface area contributed by atoms with Gasteiger partial charge in [-0.1, -0.05) is 18.2 Å². The van der Waals surface area contributed by atoms with E-state index in [0.29, 0.717) is 17.7 Å². The second-order valence-corrected chi connectivity index (χ2v) is 5.45. The summed E-state index contributed by atoms with van der Waals surface area (Å²) in [6, 6.07) is 11.0. The lowest BCUT2D eigenvalue weighted by atomic mass is 10.1. The molecule has 2 aromatic carbocycles. The zero-order valence-corrected chi connectivity index (χ0v) is 13.3. The molecular weight excluding hydrogens is 300 g/mol. The number of rotatable bonds is 5. The van der Waals surface area contributed by atoms with Gasteiger partial charge in [-0.2, -0.15) is 0 Å². The summed E-state index contributed by atoms with van der Waals surface area (Å²) in [6.07, 6.45) is 0. The van der Waals surface area contributed by atoms with Crippen LogP contribution in [0.15, 0.2) is 42.5 Å². The van der Waals surface area contributed by atoms with Crippen molar-refractivity contribution in [3.8, 4) is 0 Å². The molecule has 0 fully saturated rings. The number of hydrogen-bond acceptors (Lipinski definition) is 3. The Morgan fingerprint density at radius 2 is 1.78 bits per heavy atom. The van der Waals surface area contributed by atoms with Crippen LogP contribution in [0, 0.1) is 11.6 Å². The van der Waals surface area contributed by atoms with Gasteiger partial charge in [0.2, 0.25) is 0 Å². The quantitative estimate of drug-likeness (QED) is 0.782. The third-order valence-corrected chi connectivity index (χ3v) is 3.89. The Labute approximate surface area is 134 Å². The first-order valence-corrected chi connectivity index (χ1v) is 7.25. The molecule has 0 saturated heterocycles. The summed E-state index contributed by atoms with van der Waals surface area (Å²) in [5.41, 5.74) is 2.21. The predicted octanol–water partition coefficient (Wildman–Crippen LogP) is 3.94. The molecule has 0 bridgehead atoms. The summed E-state index contributed by atoms with van der Waals surface area (Å²) in [5.74, 6) is -2.06. The predicted molar refractivity (Wildman–Crippen MR) is 84.0 cm³/mol. The molecule has 1 unspecified atom stereocenters. The third kappa shape index (κ3) is 4.13. The molecule has 0 saturated carbocycles. The van der Waals surface area contributed by atoms with Crippen LogP contribution < -0.4 is 0 Å². The molecule has 0 spiro atoms. The van der Waals surface area contributed by atoms with Gasteiger partial charge in [0.15, 0.2) is 11.6 Å². The molecule has 1 atom stereocenters. The number of carbonyl (C=O) groups excluding carboxylic acids is 1. The second kappa shape index (κ2) is 7.33. The van der Waals surface area contributed by atoms with Crippen molar-refractivity contribution in [3.05, 3.63) is 70.8 Å². The zero-order chi connectivity index (χ0) is 17.0. The van der Waals surface area contributed by atoms with Crippen LogP contribution in [0.1, 0.15) is 34.5 Å². The van der Waals surface area contributed by atoms with E-state index in [1.54, 1.807) is 18.2 Å². The fourth-order valence-corrected chi connectivity index (χ4v) is 2.32. The van der Waals surface area contributed by atoms with E-state index in [4.69, 9.17) is 0 Å². The van der Waals surface area contributed by atoms with Crippen LogP contribution >= 0.6 is 0 Å². The zero-order valence-electron chi connectivity index (χ0n) is 13.3. The summed E-state index contributed by atoms with van der Waals surface area (Å²) >= 11 is 0. The standard InChI is InChI=1S/C18H19F2NO2/c1-12(15-8-9-16(19)17(20)10-15)21(2)11-13-4-6-14(7-5-13)18(22)23-3/h4-10,12H,11H2,1-3H3. The normalized spacial score (nSPS) is 12.3. The summed E-state index contributed by atoms with van der Waals surface area (Å²) < 4.78 is 31.0. The molecule has 0 amide bonds. The lowest BCUT2D eigenvalue weighted by molar-refractivity contribution is 0.0600. The number of nitrogens with zero attached hydrogens (tertiary/aromatic N) is 1. The van der Waals surface area contributed by atoms with Crippen LogP contribution in [0.5, 0.6) is 0 Å². The molecule has 23 heavy (non-hydrogen) atoms. The van der Waals surface area contributed by atoms with E-state index in [0.717, 1.165) is 11.6 Å². The Hall–Kier alpha value is -2.27. The van der Waals surface area contributed by atoms with E-state index < -0.39 is 11.6 Å². The van der Waals surface area contributed by atoms with Crippen molar-refractivity contribution in [3.63, 3.8) is 0 Å². The molecule has 0 aromatic heterocycles. The third-order valence-electron chi connectivity index (χ3n) is 3.89. The van der Waals surface area contributed by atoms with Gasteiger partial charge in [-0.3, -0.25) is 4.90 Å². The monoisotopic (exact) mass is 319 g/mol. The highest BCUT2D eigenvalue weighted by Gasteiger charge is 2.14. The summed E-state index contributed by atoms with van der Waals surface area (Å²) in [6.45, 7) is 2.54. The van der Waals surface area contributed by atoms with E-state index in [1.165, 1.54) is 13.2 Å². The Kier molecular flexibility index (Phi) is 5.45. The van der Waals surface area contributed by atoms with Crippen LogP contribution in [0.3, 0.4) is 0 Å². The summed E-state index contributed by atoms with van der Waals surface area (Å²) in [5, 5.41) is 0. The number of carbonyl (C=O) groups is 1. The van der Waals surface area contributed by atoms with Crippen molar-refractivity contribution < 1.29 is 18.3 Å². The van der Waals surface area contributed by atoms with Crippen LogP contribution in [0.4, 0.5) is 8.78 Å². The van der Waals surface area contributed by atoms with Gasteiger partial charge in [0.05, 0.1) is 12.7 Å². The average Bonchev–Trinajstić information content (AvgIpc) is 2.56. The lowest BCUT2D eigenvalue weighted by Gasteiger charge is -2.25. The van der Waals surface area contributed by atoms with Gasteiger partial charge in [0, 0.05) is 12.6 Å². The van der Waals surface area contributed by atoms with Crippen molar-refractivity contribution >= 4 is 5.97 Å². The van der Waals surface area contributed by atoms with Crippen LogP contribution in [0.2, 0.25) is 0 Å². The fourth-order valence-electron chi connectivity index (χ4n) is 2.32. The van der Waals surface area contributed by atoms with Crippen LogP contribution in [-0.4, -0.2) is 25.0 Å². The van der Waals surface area contributed by atoms with E-state index in [-0.39, 0.29) is 12.0 Å². The highest BCUT2D eigenvalue weighted by molar-refractivity contribution is 5.89. The minimum atomic E-state index is -0.845. The van der Waals surface area contributed by atoms with Gasteiger partial charge >= 0.3 is 5.97 Å². The molecule has 2 aromatic rings. The summed E-state index contributed by atoms with van der Waals surface area (Å²) in [4.78, 5) is 13.4. The first-order chi connectivity index (χ1) is 10.9.